The maximum Gasteiger partial charge on any atom is 0.341 e. The van der Waals surface area contributed by atoms with E-state index in [0.29, 0.717) is 12.8 Å². The summed E-state index contributed by atoms with van der Waals surface area (Å²) in [5.41, 5.74) is -0.615. The molecule has 0 heterocycles. The van der Waals surface area contributed by atoms with E-state index >= 15 is 0 Å². The van der Waals surface area contributed by atoms with Crippen molar-refractivity contribution in [3.05, 3.63) is 11.1 Å². The van der Waals surface area contributed by atoms with Crippen molar-refractivity contribution in [3.63, 3.8) is 0 Å². The first-order valence-corrected chi connectivity index (χ1v) is 3.46. The zero-order valence-electron chi connectivity index (χ0n) is 5.63. The van der Waals surface area contributed by atoms with Gasteiger partial charge in [-0.2, -0.15) is 17.6 Å². The van der Waals surface area contributed by atoms with Gasteiger partial charge in [0, 0.05) is 0 Å². The van der Waals surface area contributed by atoms with Crippen LogP contribution in [0.5, 0.6) is 0 Å². The summed E-state index contributed by atoms with van der Waals surface area (Å²) >= 11 is 0. The third kappa shape index (κ3) is 0.650. The van der Waals surface area contributed by atoms with E-state index in [2.05, 4.69) is 0 Å². The lowest BCUT2D eigenvalue weighted by Gasteiger charge is -2.14. The minimum Gasteiger partial charge on any atom is -0.194 e. The zero-order valence-corrected chi connectivity index (χ0v) is 5.63. The number of allylic oxidation sites excluding steroid dienone is 2. The van der Waals surface area contributed by atoms with Crippen molar-refractivity contribution in [1.29, 1.82) is 0 Å². The highest BCUT2D eigenvalue weighted by Gasteiger charge is 2.82. The van der Waals surface area contributed by atoms with E-state index in [-0.39, 0.29) is 5.57 Å². The molecule has 0 saturated heterocycles. The third-order valence-electron chi connectivity index (χ3n) is 2.27. The van der Waals surface area contributed by atoms with E-state index in [4.69, 9.17) is 0 Å². The molecule has 0 unspecified atom stereocenters. The highest BCUT2D eigenvalue weighted by molar-refractivity contribution is 5.50. The van der Waals surface area contributed by atoms with Gasteiger partial charge < -0.3 is 0 Å². The van der Waals surface area contributed by atoms with Gasteiger partial charge in [-0.05, 0) is 19.3 Å². The SMILES string of the molecule is FC1(F)C(=C2CCC2)C1(F)F. The van der Waals surface area contributed by atoms with Gasteiger partial charge in [0.1, 0.15) is 0 Å². The van der Waals surface area contributed by atoms with Crippen LogP contribution >= 0.6 is 0 Å². The van der Waals surface area contributed by atoms with Crippen LogP contribution in [-0.2, 0) is 0 Å². The first-order valence-electron chi connectivity index (χ1n) is 3.46. The molecule has 0 aromatic rings. The van der Waals surface area contributed by atoms with Gasteiger partial charge in [0.25, 0.3) is 0 Å². The van der Waals surface area contributed by atoms with Crippen molar-refractivity contribution in [2.75, 3.05) is 0 Å². The fourth-order valence-corrected chi connectivity index (χ4v) is 1.34. The third-order valence-corrected chi connectivity index (χ3v) is 2.27. The van der Waals surface area contributed by atoms with E-state index in [1.165, 1.54) is 0 Å². The van der Waals surface area contributed by atoms with E-state index in [1.54, 1.807) is 0 Å². The molecule has 2 aliphatic carbocycles. The number of hydrogen-bond acceptors (Lipinski definition) is 0. The Morgan fingerprint density at radius 1 is 0.909 bits per heavy atom. The van der Waals surface area contributed by atoms with Gasteiger partial charge in [-0.1, -0.05) is 5.57 Å². The smallest absolute Gasteiger partial charge is 0.194 e. The van der Waals surface area contributed by atoms with Gasteiger partial charge in [0.15, 0.2) is 0 Å². The van der Waals surface area contributed by atoms with Gasteiger partial charge in [-0.25, -0.2) is 0 Å². The molecule has 0 atom stereocenters. The monoisotopic (exact) mass is 166 g/mol. The number of halogens is 4. The van der Waals surface area contributed by atoms with Crippen LogP contribution in [0, 0.1) is 0 Å². The molecule has 0 aromatic heterocycles. The standard InChI is InChI=1S/C7H6F4/c8-6(9)5(7(6,10)11)4-2-1-3-4/h1-3H2. The summed E-state index contributed by atoms with van der Waals surface area (Å²) in [5.74, 6) is -7.63. The summed E-state index contributed by atoms with van der Waals surface area (Å²) in [4.78, 5) is 0. The molecule has 0 bridgehead atoms. The van der Waals surface area contributed by atoms with E-state index < -0.39 is 17.4 Å². The van der Waals surface area contributed by atoms with Crippen molar-refractivity contribution < 1.29 is 17.6 Å². The Morgan fingerprint density at radius 2 is 1.36 bits per heavy atom. The predicted octanol–water partition coefficient (Wildman–Crippen LogP) is 2.75. The number of alkyl halides is 4. The average molecular weight is 166 g/mol. The molecule has 0 N–H and O–H groups in total. The van der Waals surface area contributed by atoms with Gasteiger partial charge in [-0.15, -0.1) is 0 Å². The minimum absolute atomic E-state index is 0.278. The van der Waals surface area contributed by atoms with Crippen molar-refractivity contribution in [1.82, 2.24) is 0 Å². The lowest BCUT2D eigenvalue weighted by molar-refractivity contribution is -0.0278. The number of hydrogen-bond donors (Lipinski definition) is 0. The molecule has 0 spiro atoms. The molecule has 62 valence electrons. The number of rotatable bonds is 0. The quantitative estimate of drug-likeness (QED) is 0.383. The van der Waals surface area contributed by atoms with Crippen molar-refractivity contribution >= 4 is 0 Å². The van der Waals surface area contributed by atoms with Crippen LogP contribution in [0.1, 0.15) is 19.3 Å². The van der Waals surface area contributed by atoms with Crippen LogP contribution in [0.2, 0.25) is 0 Å². The fourth-order valence-electron chi connectivity index (χ4n) is 1.34. The maximum absolute atomic E-state index is 12.2. The van der Waals surface area contributed by atoms with Crippen molar-refractivity contribution in [2.24, 2.45) is 0 Å². The summed E-state index contributed by atoms with van der Waals surface area (Å²) in [6, 6.07) is 0. The normalized spacial score (nSPS) is 31.6. The Balaban J connectivity index is 2.33. The predicted molar refractivity (Wildman–Crippen MR) is 30.8 cm³/mol. The van der Waals surface area contributed by atoms with Crippen LogP contribution in [0.4, 0.5) is 17.6 Å². The molecular weight excluding hydrogens is 160 g/mol. The van der Waals surface area contributed by atoms with Gasteiger partial charge >= 0.3 is 11.8 Å². The molecule has 0 radical (unpaired) electrons. The van der Waals surface area contributed by atoms with Crippen LogP contribution in [0.25, 0.3) is 0 Å². The second-order valence-electron chi connectivity index (χ2n) is 2.98. The molecule has 11 heavy (non-hydrogen) atoms. The molecule has 2 fully saturated rings. The molecule has 2 saturated carbocycles. The van der Waals surface area contributed by atoms with Crippen molar-refractivity contribution in [3.8, 4) is 0 Å². The topological polar surface area (TPSA) is 0 Å². The average Bonchev–Trinajstić information content (AvgIpc) is 2.07. The fraction of sp³-hybridized carbons (Fsp3) is 0.714. The highest BCUT2D eigenvalue weighted by Crippen LogP contribution is 2.65. The lowest BCUT2D eigenvalue weighted by atomic mass is 9.91. The Labute approximate surface area is 60.9 Å². The zero-order chi connectivity index (χ0) is 8.28. The molecule has 2 rings (SSSR count). The van der Waals surface area contributed by atoms with E-state index in [0.717, 1.165) is 6.42 Å². The molecule has 0 amide bonds. The van der Waals surface area contributed by atoms with Crippen LogP contribution in [-0.4, -0.2) is 11.8 Å². The first-order chi connectivity index (χ1) is 4.98. The Bertz CT molecular complexity index is 217. The molecular formula is C7H6F4. The summed E-state index contributed by atoms with van der Waals surface area (Å²) in [6.45, 7) is 0. The largest absolute Gasteiger partial charge is 0.341 e. The second-order valence-corrected chi connectivity index (χ2v) is 2.98. The van der Waals surface area contributed by atoms with E-state index in [1.807, 2.05) is 0 Å². The Morgan fingerprint density at radius 3 is 1.45 bits per heavy atom. The van der Waals surface area contributed by atoms with Crippen LogP contribution < -0.4 is 0 Å². The molecule has 4 heteroatoms. The Kier molecular flexibility index (Phi) is 1.05. The van der Waals surface area contributed by atoms with E-state index in [9.17, 15) is 17.6 Å². The highest BCUT2D eigenvalue weighted by atomic mass is 19.3. The summed E-state index contributed by atoms with van der Waals surface area (Å²) < 4.78 is 49.0. The van der Waals surface area contributed by atoms with Crippen LogP contribution in [0.3, 0.4) is 0 Å². The minimum atomic E-state index is -3.82. The molecule has 0 aromatic carbocycles. The van der Waals surface area contributed by atoms with Gasteiger partial charge in [-0.3, -0.25) is 0 Å². The maximum atomic E-state index is 12.2. The molecule has 0 nitrogen and oxygen atoms in total. The second kappa shape index (κ2) is 1.62. The van der Waals surface area contributed by atoms with Crippen molar-refractivity contribution in [2.45, 2.75) is 31.1 Å². The molecule has 0 aliphatic heterocycles. The van der Waals surface area contributed by atoms with Gasteiger partial charge in [0.05, 0.1) is 5.57 Å². The lowest BCUT2D eigenvalue weighted by Crippen LogP contribution is -2.02. The summed E-state index contributed by atoms with van der Waals surface area (Å²) in [7, 11) is 0. The van der Waals surface area contributed by atoms with Gasteiger partial charge in [0.2, 0.25) is 0 Å². The Hall–Kier alpha value is -0.540. The first kappa shape index (κ1) is 7.13. The summed E-state index contributed by atoms with van der Waals surface area (Å²) in [5, 5.41) is 0. The molecule has 2 aliphatic rings. The van der Waals surface area contributed by atoms with Crippen LogP contribution in [0.15, 0.2) is 11.1 Å². The summed E-state index contributed by atoms with van der Waals surface area (Å²) in [6.07, 6.45) is 1.63.